The second-order valence-electron chi connectivity index (χ2n) is 3.82. The number of nitrogens with two attached hydrogens (primary N) is 1. The molecule has 1 aromatic rings. The van der Waals surface area contributed by atoms with Crippen LogP contribution in [0.3, 0.4) is 0 Å². The predicted octanol–water partition coefficient (Wildman–Crippen LogP) is 0.0719. The van der Waals surface area contributed by atoms with Crippen LogP contribution >= 0.6 is 12.2 Å². The van der Waals surface area contributed by atoms with Crippen molar-refractivity contribution < 1.29 is 5.11 Å². The van der Waals surface area contributed by atoms with Gasteiger partial charge in [-0.3, -0.25) is 0 Å². The molecule has 0 aliphatic carbocycles. The van der Waals surface area contributed by atoms with Gasteiger partial charge in [0.25, 0.3) is 0 Å². The third-order valence-corrected chi connectivity index (χ3v) is 2.85. The van der Waals surface area contributed by atoms with Crippen LogP contribution in [-0.4, -0.2) is 39.3 Å². The quantitative estimate of drug-likeness (QED) is 0.710. The monoisotopic (exact) mass is 238 g/mol. The SMILES string of the molecule is NC(=S)c1ccnc(N2CCC(O)CC2)n1. The minimum Gasteiger partial charge on any atom is -0.393 e. The van der Waals surface area contributed by atoms with Gasteiger partial charge in [-0.05, 0) is 18.9 Å². The maximum absolute atomic E-state index is 9.41. The summed E-state index contributed by atoms with van der Waals surface area (Å²) in [5, 5.41) is 9.41. The third kappa shape index (κ3) is 2.45. The van der Waals surface area contributed by atoms with E-state index in [-0.39, 0.29) is 11.1 Å². The van der Waals surface area contributed by atoms with Crippen molar-refractivity contribution in [3.63, 3.8) is 0 Å². The van der Waals surface area contributed by atoms with Gasteiger partial charge >= 0.3 is 0 Å². The molecule has 1 aromatic heterocycles. The number of rotatable bonds is 2. The van der Waals surface area contributed by atoms with Crippen molar-refractivity contribution in [2.24, 2.45) is 5.73 Å². The lowest BCUT2D eigenvalue weighted by atomic mass is 10.1. The van der Waals surface area contributed by atoms with E-state index in [1.54, 1.807) is 12.3 Å². The number of aliphatic hydroxyl groups excluding tert-OH is 1. The van der Waals surface area contributed by atoms with Gasteiger partial charge in [-0.2, -0.15) is 0 Å². The fraction of sp³-hybridized carbons (Fsp3) is 0.500. The highest BCUT2D eigenvalue weighted by Gasteiger charge is 2.19. The van der Waals surface area contributed by atoms with Gasteiger partial charge in [-0.25, -0.2) is 9.97 Å². The molecule has 0 atom stereocenters. The number of hydrogen-bond acceptors (Lipinski definition) is 5. The van der Waals surface area contributed by atoms with E-state index in [2.05, 4.69) is 9.97 Å². The summed E-state index contributed by atoms with van der Waals surface area (Å²) in [6.07, 6.45) is 2.96. The highest BCUT2D eigenvalue weighted by atomic mass is 32.1. The molecule has 5 nitrogen and oxygen atoms in total. The van der Waals surface area contributed by atoms with E-state index in [1.165, 1.54) is 0 Å². The third-order valence-electron chi connectivity index (χ3n) is 2.64. The van der Waals surface area contributed by atoms with Crippen LogP contribution in [0.1, 0.15) is 18.5 Å². The normalized spacial score (nSPS) is 17.4. The van der Waals surface area contributed by atoms with Crippen molar-refractivity contribution in [1.29, 1.82) is 0 Å². The zero-order valence-corrected chi connectivity index (χ0v) is 9.65. The van der Waals surface area contributed by atoms with Crippen LogP contribution in [0.2, 0.25) is 0 Å². The molecule has 2 rings (SSSR count). The molecule has 0 aromatic carbocycles. The summed E-state index contributed by atoms with van der Waals surface area (Å²) >= 11 is 4.87. The van der Waals surface area contributed by atoms with E-state index in [9.17, 15) is 5.11 Å². The Morgan fingerprint density at radius 3 is 2.81 bits per heavy atom. The van der Waals surface area contributed by atoms with Gasteiger partial charge in [0.1, 0.15) is 10.7 Å². The van der Waals surface area contributed by atoms with E-state index in [0.29, 0.717) is 11.6 Å². The Hall–Kier alpha value is -1.27. The average Bonchev–Trinajstić information content (AvgIpc) is 2.30. The average molecular weight is 238 g/mol. The van der Waals surface area contributed by atoms with E-state index >= 15 is 0 Å². The molecular formula is C10H14N4OS. The second-order valence-corrected chi connectivity index (χ2v) is 4.26. The number of nitrogens with zero attached hydrogens (tertiary/aromatic N) is 3. The number of thiocarbonyl (C=S) groups is 1. The summed E-state index contributed by atoms with van der Waals surface area (Å²) in [5.74, 6) is 0.636. The van der Waals surface area contributed by atoms with Crippen molar-refractivity contribution >= 4 is 23.2 Å². The topological polar surface area (TPSA) is 75.3 Å². The molecule has 3 N–H and O–H groups in total. The molecule has 0 amide bonds. The molecule has 1 saturated heterocycles. The Labute approximate surface area is 99.3 Å². The van der Waals surface area contributed by atoms with E-state index in [0.717, 1.165) is 25.9 Å². The fourth-order valence-electron chi connectivity index (χ4n) is 1.70. The van der Waals surface area contributed by atoms with Gasteiger partial charge < -0.3 is 15.7 Å². The molecule has 16 heavy (non-hydrogen) atoms. The van der Waals surface area contributed by atoms with Crippen LogP contribution in [0.5, 0.6) is 0 Å². The predicted molar refractivity (Wildman–Crippen MR) is 65.4 cm³/mol. The molecule has 1 aliphatic rings. The van der Waals surface area contributed by atoms with E-state index in [4.69, 9.17) is 18.0 Å². The summed E-state index contributed by atoms with van der Waals surface area (Å²) in [7, 11) is 0. The zero-order valence-electron chi connectivity index (χ0n) is 8.83. The molecule has 0 radical (unpaired) electrons. The molecule has 6 heteroatoms. The molecule has 86 valence electrons. The van der Waals surface area contributed by atoms with Gasteiger partial charge in [-0.1, -0.05) is 12.2 Å². The Morgan fingerprint density at radius 2 is 2.19 bits per heavy atom. The van der Waals surface area contributed by atoms with Crippen LogP contribution in [0.25, 0.3) is 0 Å². The number of aromatic nitrogens is 2. The summed E-state index contributed by atoms with van der Waals surface area (Å²) in [6, 6.07) is 1.70. The minimum atomic E-state index is -0.199. The van der Waals surface area contributed by atoms with Crippen molar-refractivity contribution in [3.05, 3.63) is 18.0 Å². The van der Waals surface area contributed by atoms with Crippen molar-refractivity contribution in [3.8, 4) is 0 Å². The lowest BCUT2D eigenvalue weighted by molar-refractivity contribution is 0.145. The number of anilines is 1. The van der Waals surface area contributed by atoms with Crippen LogP contribution in [0.4, 0.5) is 5.95 Å². The summed E-state index contributed by atoms with van der Waals surface area (Å²) in [4.78, 5) is 10.8. The lowest BCUT2D eigenvalue weighted by Crippen LogP contribution is -2.37. The Kier molecular flexibility index (Phi) is 3.31. The maximum atomic E-state index is 9.41. The fourth-order valence-corrected chi connectivity index (χ4v) is 1.82. The smallest absolute Gasteiger partial charge is 0.225 e. The van der Waals surface area contributed by atoms with E-state index in [1.807, 2.05) is 4.90 Å². The van der Waals surface area contributed by atoms with Gasteiger partial charge in [0.2, 0.25) is 5.95 Å². The zero-order chi connectivity index (χ0) is 11.5. The van der Waals surface area contributed by atoms with Crippen molar-refractivity contribution in [1.82, 2.24) is 9.97 Å². The van der Waals surface area contributed by atoms with E-state index < -0.39 is 0 Å². The number of aliphatic hydroxyl groups is 1. The number of hydrogen-bond donors (Lipinski definition) is 2. The standard InChI is InChI=1S/C10H14N4OS/c11-9(16)8-1-4-12-10(13-8)14-5-2-7(15)3-6-14/h1,4,7,15H,2-3,5-6H2,(H2,11,16). The van der Waals surface area contributed by atoms with Gasteiger partial charge in [0.15, 0.2) is 0 Å². The van der Waals surface area contributed by atoms with Gasteiger partial charge in [0, 0.05) is 19.3 Å². The maximum Gasteiger partial charge on any atom is 0.225 e. The Bertz CT molecular complexity index is 390. The first-order valence-corrected chi connectivity index (χ1v) is 5.63. The second kappa shape index (κ2) is 4.71. The highest BCUT2D eigenvalue weighted by molar-refractivity contribution is 7.80. The molecule has 0 spiro atoms. The first-order chi connectivity index (χ1) is 7.66. The van der Waals surface area contributed by atoms with Crippen molar-refractivity contribution in [2.75, 3.05) is 18.0 Å². The van der Waals surface area contributed by atoms with Crippen LogP contribution < -0.4 is 10.6 Å². The minimum absolute atomic E-state index is 0.199. The summed E-state index contributed by atoms with van der Waals surface area (Å²) in [5.41, 5.74) is 6.11. The molecular weight excluding hydrogens is 224 g/mol. The Balaban J connectivity index is 2.14. The molecule has 0 bridgehead atoms. The van der Waals surface area contributed by atoms with Gasteiger partial charge in [0.05, 0.1) is 6.10 Å². The van der Waals surface area contributed by atoms with Crippen LogP contribution in [-0.2, 0) is 0 Å². The van der Waals surface area contributed by atoms with Crippen molar-refractivity contribution in [2.45, 2.75) is 18.9 Å². The molecule has 1 aliphatic heterocycles. The first-order valence-electron chi connectivity index (χ1n) is 5.22. The van der Waals surface area contributed by atoms with Gasteiger partial charge in [-0.15, -0.1) is 0 Å². The largest absolute Gasteiger partial charge is 0.393 e. The molecule has 1 fully saturated rings. The summed E-state index contributed by atoms with van der Waals surface area (Å²) < 4.78 is 0. The Morgan fingerprint density at radius 1 is 1.50 bits per heavy atom. The van der Waals surface area contributed by atoms with Crippen LogP contribution in [0.15, 0.2) is 12.3 Å². The number of piperidine rings is 1. The van der Waals surface area contributed by atoms with Crippen LogP contribution in [0, 0.1) is 0 Å². The lowest BCUT2D eigenvalue weighted by Gasteiger charge is -2.29. The highest BCUT2D eigenvalue weighted by Crippen LogP contribution is 2.15. The molecule has 2 heterocycles. The first kappa shape index (κ1) is 11.2. The summed E-state index contributed by atoms with van der Waals surface area (Å²) in [6.45, 7) is 1.53. The molecule has 0 saturated carbocycles. The molecule has 0 unspecified atom stereocenters.